The van der Waals surface area contributed by atoms with E-state index in [4.69, 9.17) is 9.47 Å². The molecule has 1 saturated heterocycles. The Labute approximate surface area is 132 Å². The molecule has 1 amide bonds. The molecule has 0 aliphatic carbocycles. The maximum Gasteiger partial charge on any atom is 0.224 e. The fourth-order valence-electron chi connectivity index (χ4n) is 2.68. The SMILES string of the molecule is COc1ccc(OCC(C)NC(=O)C2CCCN(C)C2)cc1. The van der Waals surface area contributed by atoms with Crippen molar-refractivity contribution in [2.45, 2.75) is 25.8 Å². The molecule has 0 bridgehead atoms. The molecule has 1 heterocycles. The Morgan fingerprint density at radius 1 is 1.36 bits per heavy atom. The van der Waals surface area contributed by atoms with Gasteiger partial charge in [0.15, 0.2) is 0 Å². The van der Waals surface area contributed by atoms with Crippen molar-refractivity contribution in [2.24, 2.45) is 5.92 Å². The quantitative estimate of drug-likeness (QED) is 0.872. The molecule has 0 aromatic heterocycles. The van der Waals surface area contributed by atoms with E-state index >= 15 is 0 Å². The third-order valence-electron chi connectivity index (χ3n) is 3.94. The van der Waals surface area contributed by atoms with Gasteiger partial charge in [-0.15, -0.1) is 0 Å². The topological polar surface area (TPSA) is 50.8 Å². The number of nitrogens with zero attached hydrogens (tertiary/aromatic N) is 1. The fourth-order valence-corrected chi connectivity index (χ4v) is 2.68. The van der Waals surface area contributed by atoms with Gasteiger partial charge in [0.05, 0.1) is 19.1 Å². The van der Waals surface area contributed by atoms with Crippen LogP contribution < -0.4 is 14.8 Å². The van der Waals surface area contributed by atoms with E-state index in [1.807, 2.05) is 31.2 Å². The van der Waals surface area contributed by atoms with Gasteiger partial charge in [0.1, 0.15) is 18.1 Å². The van der Waals surface area contributed by atoms with E-state index in [0.29, 0.717) is 6.61 Å². The average Bonchev–Trinajstić information content (AvgIpc) is 2.53. The molecule has 0 radical (unpaired) electrons. The first-order valence-electron chi connectivity index (χ1n) is 7.84. The summed E-state index contributed by atoms with van der Waals surface area (Å²) in [6.07, 6.45) is 2.06. The lowest BCUT2D eigenvalue weighted by molar-refractivity contribution is -0.127. The predicted octanol–water partition coefficient (Wildman–Crippen LogP) is 1.92. The largest absolute Gasteiger partial charge is 0.497 e. The van der Waals surface area contributed by atoms with E-state index in [-0.39, 0.29) is 17.9 Å². The highest BCUT2D eigenvalue weighted by Crippen LogP contribution is 2.17. The standard InChI is InChI=1S/C17H26N2O3/c1-13(12-22-16-8-6-15(21-3)7-9-16)18-17(20)14-5-4-10-19(2)11-14/h6-9,13-14H,4-5,10-12H2,1-3H3,(H,18,20). The lowest BCUT2D eigenvalue weighted by Crippen LogP contribution is -2.45. The molecule has 1 N–H and O–H groups in total. The van der Waals surface area contributed by atoms with Crippen molar-refractivity contribution in [3.8, 4) is 11.5 Å². The summed E-state index contributed by atoms with van der Waals surface area (Å²) in [5, 5.41) is 3.05. The van der Waals surface area contributed by atoms with Crippen LogP contribution in [0.25, 0.3) is 0 Å². The molecule has 1 aliphatic heterocycles. The van der Waals surface area contributed by atoms with Crippen LogP contribution >= 0.6 is 0 Å². The summed E-state index contributed by atoms with van der Waals surface area (Å²) in [7, 11) is 3.70. The molecule has 2 unspecified atom stereocenters. The molecule has 1 fully saturated rings. The molecule has 1 aromatic carbocycles. The zero-order chi connectivity index (χ0) is 15.9. The van der Waals surface area contributed by atoms with E-state index in [2.05, 4.69) is 17.3 Å². The van der Waals surface area contributed by atoms with Gasteiger partial charge in [-0.25, -0.2) is 0 Å². The van der Waals surface area contributed by atoms with Crippen LogP contribution in [0.2, 0.25) is 0 Å². The number of piperidine rings is 1. The van der Waals surface area contributed by atoms with E-state index in [0.717, 1.165) is 37.4 Å². The summed E-state index contributed by atoms with van der Waals surface area (Å²) in [5.74, 6) is 1.81. The number of methoxy groups -OCH3 is 1. The van der Waals surface area contributed by atoms with Crippen molar-refractivity contribution in [3.05, 3.63) is 24.3 Å². The van der Waals surface area contributed by atoms with Gasteiger partial charge < -0.3 is 19.7 Å². The van der Waals surface area contributed by atoms with Crippen molar-refractivity contribution in [2.75, 3.05) is 33.9 Å². The highest BCUT2D eigenvalue weighted by Gasteiger charge is 2.24. The molecule has 5 heteroatoms. The molecule has 5 nitrogen and oxygen atoms in total. The van der Waals surface area contributed by atoms with Gasteiger partial charge in [0, 0.05) is 6.54 Å². The summed E-state index contributed by atoms with van der Waals surface area (Å²) >= 11 is 0. The Bertz CT molecular complexity index is 475. The number of likely N-dealkylation sites (tertiary alicyclic amines) is 1. The smallest absolute Gasteiger partial charge is 0.224 e. The van der Waals surface area contributed by atoms with Crippen LogP contribution in [0.15, 0.2) is 24.3 Å². The van der Waals surface area contributed by atoms with Gasteiger partial charge >= 0.3 is 0 Å². The van der Waals surface area contributed by atoms with Gasteiger partial charge in [-0.2, -0.15) is 0 Å². The molecule has 0 spiro atoms. The third kappa shape index (κ3) is 4.91. The first-order valence-corrected chi connectivity index (χ1v) is 7.84. The van der Waals surface area contributed by atoms with E-state index < -0.39 is 0 Å². The molecule has 2 atom stereocenters. The number of ether oxygens (including phenoxy) is 2. The van der Waals surface area contributed by atoms with Crippen molar-refractivity contribution < 1.29 is 14.3 Å². The minimum absolute atomic E-state index is 0.0122. The summed E-state index contributed by atoms with van der Waals surface area (Å²) < 4.78 is 10.8. The molecule has 0 saturated carbocycles. The number of benzene rings is 1. The van der Waals surface area contributed by atoms with Crippen LogP contribution in [0.1, 0.15) is 19.8 Å². The zero-order valence-corrected chi connectivity index (χ0v) is 13.7. The van der Waals surface area contributed by atoms with Crippen LogP contribution in [0.4, 0.5) is 0 Å². The Kier molecular flexibility index (Phi) is 6.07. The van der Waals surface area contributed by atoms with E-state index in [1.165, 1.54) is 0 Å². The first kappa shape index (κ1) is 16.6. The average molecular weight is 306 g/mol. The van der Waals surface area contributed by atoms with Gasteiger partial charge in [0.2, 0.25) is 5.91 Å². The molecular formula is C17H26N2O3. The Balaban J connectivity index is 1.74. The minimum atomic E-state index is -0.0122. The van der Waals surface area contributed by atoms with Crippen LogP contribution in [0, 0.1) is 5.92 Å². The van der Waals surface area contributed by atoms with Gasteiger partial charge in [-0.1, -0.05) is 0 Å². The Morgan fingerprint density at radius 2 is 2.05 bits per heavy atom. The van der Waals surface area contributed by atoms with Gasteiger partial charge in [-0.3, -0.25) is 4.79 Å². The van der Waals surface area contributed by atoms with Gasteiger partial charge in [-0.05, 0) is 57.6 Å². The number of hydrogen-bond donors (Lipinski definition) is 1. The van der Waals surface area contributed by atoms with Crippen molar-refractivity contribution in [3.63, 3.8) is 0 Å². The van der Waals surface area contributed by atoms with Crippen LogP contribution in [0.5, 0.6) is 11.5 Å². The Morgan fingerprint density at radius 3 is 2.68 bits per heavy atom. The first-order chi connectivity index (χ1) is 10.6. The molecule has 122 valence electrons. The van der Waals surface area contributed by atoms with Crippen molar-refractivity contribution >= 4 is 5.91 Å². The normalized spacial score (nSPS) is 20.2. The molecular weight excluding hydrogens is 280 g/mol. The zero-order valence-electron chi connectivity index (χ0n) is 13.7. The number of carbonyl (C=O) groups is 1. The number of amides is 1. The Hall–Kier alpha value is -1.75. The lowest BCUT2D eigenvalue weighted by atomic mass is 9.97. The predicted molar refractivity (Wildman–Crippen MR) is 86.3 cm³/mol. The highest BCUT2D eigenvalue weighted by molar-refractivity contribution is 5.79. The third-order valence-corrected chi connectivity index (χ3v) is 3.94. The molecule has 22 heavy (non-hydrogen) atoms. The van der Waals surface area contributed by atoms with Gasteiger partial charge in [0.25, 0.3) is 0 Å². The molecule has 1 aliphatic rings. The number of nitrogens with one attached hydrogen (secondary N) is 1. The molecule has 2 rings (SSSR count). The van der Waals surface area contributed by atoms with E-state index in [1.54, 1.807) is 7.11 Å². The lowest BCUT2D eigenvalue weighted by Gasteiger charge is -2.29. The number of hydrogen-bond acceptors (Lipinski definition) is 4. The monoisotopic (exact) mass is 306 g/mol. The summed E-state index contributed by atoms with van der Waals surface area (Å²) in [6.45, 7) is 4.35. The van der Waals surface area contributed by atoms with Crippen LogP contribution in [-0.4, -0.2) is 50.7 Å². The number of rotatable bonds is 6. The van der Waals surface area contributed by atoms with Crippen LogP contribution in [-0.2, 0) is 4.79 Å². The fraction of sp³-hybridized carbons (Fsp3) is 0.588. The summed E-state index contributed by atoms with van der Waals surface area (Å²) in [6, 6.07) is 7.43. The summed E-state index contributed by atoms with van der Waals surface area (Å²) in [4.78, 5) is 14.5. The second-order valence-electron chi connectivity index (χ2n) is 6.00. The van der Waals surface area contributed by atoms with Crippen molar-refractivity contribution in [1.29, 1.82) is 0 Å². The maximum absolute atomic E-state index is 12.2. The minimum Gasteiger partial charge on any atom is -0.497 e. The molecule has 1 aromatic rings. The maximum atomic E-state index is 12.2. The van der Waals surface area contributed by atoms with E-state index in [9.17, 15) is 4.79 Å². The number of carbonyl (C=O) groups excluding carboxylic acids is 1. The highest BCUT2D eigenvalue weighted by atomic mass is 16.5. The second kappa shape index (κ2) is 8.03. The summed E-state index contributed by atoms with van der Waals surface area (Å²) in [5.41, 5.74) is 0. The second-order valence-corrected chi connectivity index (χ2v) is 6.00. The van der Waals surface area contributed by atoms with Crippen molar-refractivity contribution in [1.82, 2.24) is 10.2 Å². The van der Waals surface area contributed by atoms with Crippen LogP contribution in [0.3, 0.4) is 0 Å².